The van der Waals surface area contributed by atoms with Gasteiger partial charge < -0.3 is 15.1 Å². The Hall–Kier alpha value is -3.15. The Morgan fingerprint density at radius 2 is 1.69 bits per heavy atom. The van der Waals surface area contributed by atoms with Crippen LogP contribution in [-0.4, -0.2) is 41.4 Å². The maximum atomic E-state index is 4.72. The molecule has 0 amide bonds. The van der Waals surface area contributed by atoms with Crippen molar-refractivity contribution in [2.45, 2.75) is 27.2 Å². The Labute approximate surface area is 172 Å². The zero-order valence-electron chi connectivity index (χ0n) is 17.4. The van der Waals surface area contributed by atoms with Crippen LogP contribution in [0.2, 0.25) is 0 Å². The van der Waals surface area contributed by atoms with Crippen LogP contribution in [0.1, 0.15) is 23.6 Å². The second-order valence-corrected chi connectivity index (χ2v) is 7.47. The number of aryl methyl sites for hydroxylation is 2. The first-order valence-electron chi connectivity index (χ1n) is 10.3. The van der Waals surface area contributed by atoms with Crippen molar-refractivity contribution in [2.75, 3.05) is 41.3 Å². The van der Waals surface area contributed by atoms with Crippen molar-refractivity contribution in [1.82, 2.24) is 15.2 Å². The fourth-order valence-corrected chi connectivity index (χ4v) is 3.83. The molecule has 1 aliphatic heterocycles. The lowest BCUT2D eigenvalue weighted by Crippen LogP contribution is -2.47. The van der Waals surface area contributed by atoms with Gasteiger partial charge in [0.2, 0.25) is 5.95 Å². The van der Waals surface area contributed by atoms with E-state index in [4.69, 9.17) is 4.98 Å². The number of nitrogens with one attached hydrogen (secondary N) is 1. The third kappa shape index (κ3) is 4.16. The van der Waals surface area contributed by atoms with Crippen LogP contribution in [0, 0.1) is 13.8 Å². The Morgan fingerprint density at radius 1 is 0.931 bits per heavy atom. The number of rotatable bonds is 5. The minimum Gasteiger partial charge on any atom is -0.368 e. The van der Waals surface area contributed by atoms with E-state index >= 15 is 0 Å². The third-order valence-corrected chi connectivity index (χ3v) is 5.71. The first-order chi connectivity index (χ1) is 14.2. The molecule has 1 fully saturated rings. The lowest BCUT2D eigenvalue weighted by Gasteiger charge is -2.37. The van der Waals surface area contributed by atoms with Crippen molar-refractivity contribution in [3.63, 3.8) is 0 Å². The molecule has 0 bridgehead atoms. The fourth-order valence-electron chi connectivity index (χ4n) is 3.83. The molecule has 1 aliphatic rings. The van der Waals surface area contributed by atoms with Gasteiger partial charge in [0.1, 0.15) is 0 Å². The molecule has 2 heterocycles. The highest BCUT2D eigenvalue weighted by Gasteiger charge is 2.20. The van der Waals surface area contributed by atoms with Gasteiger partial charge in [0, 0.05) is 37.6 Å². The molecule has 3 aromatic rings. The van der Waals surface area contributed by atoms with Crippen molar-refractivity contribution in [3.05, 3.63) is 65.4 Å². The molecule has 0 aliphatic carbocycles. The summed E-state index contributed by atoms with van der Waals surface area (Å²) >= 11 is 0. The second-order valence-electron chi connectivity index (χ2n) is 7.47. The largest absolute Gasteiger partial charge is 0.368 e. The minimum absolute atomic E-state index is 0.542. The summed E-state index contributed by atoms with van der Waals surface area (Å²) in [6.45, 7) is 10.3. The number of aromatic nitrogens is 3. The summed E-state index contributed by atoms with van der Waals surface area (Å²) in [5, 5.41) is 11.7. The molecule has 1 N–H and O–H groups in total. The molecular weight excluding hydrogens is 360 g/mol. The molecule has 0 spiro atoms. The molecule has 150 valence electrons. The maximum absolute atomic E-state index is 4.72. The van der Waals surface area contributed by atoms with Gasteiger partial charge in [0.25, 0.3) is 0 Å². The number of hydrogen-bond acceptors (Lipinski definition) is 6. The summed E-state index contributed by atoms with van der Waals surface area (Å²) in [7, 11) is 0. The van der Waals surface area contributed by atoms with E-state index in [2.05, 4.69) is 82.5 Å². The lowest BCUT2D eigenvalue weighted by atomic mass is 10.1. The van der Waals surface area contributed by atoms with Crippen molar-refractivity contribution in [3.8, 4) is 0 Å². The van der Waals surface area contributed by atoms with Crippen LogP contribution in [0.25, 0.3) is 0 Å². The monoisotopic (exact) mass is 388 g/mol. The standard InChI is InChI=1S/C23H28N6/c1-4-19-9-5-6-10-20(19)25-23-26-22(16-24-27-23)29-14-12-28(13-15-29)21-11-7-8-17(2)18(21)3/h5-11,16H,4,12-15H2,1-3H3,(H,25,26,27). The van der Waals surface area contributed by atoms with E-state index < -0.39 is 0 Å². The Bertz CT molecular complexity index is 979. The van der Waals surface area contributed by atoms with E-state index in [1.165, 1.54) is 22.4 Å². The van der Waals surface area contributed by atoms with Crippen molar-refractivity contribution in [2.24, 2.45) is 0 Å². The van der Waals surface area contributed by atoms with Crippen molar-refractivity contribution < 1.29 is 0 Å². The van der Waals surface area contributed by atoms with Gasteiger partial charge in [-0.2, -0.15) is 10.1 Å². The number of nitrogens with zero attached hydrogens (tertiary/aromatic N) is 5. The molecule has 0 saturated carbocycles. The first-order valence-corrected chi connectivity index (χ1v) is 10.3. The molecule has 6 heteroatoms. The molecule has 1 saturated heterocycles. The van der Waals surface area contributed by atoms with Gasteiger partial charge in [-0.3, -0.25) is 0 Å². The first kappa shape index (κ1) is 19.2. The summed E-state index contributed by atoms with van der Waals surface area (Å²) < 4.78 is 0. The zero-order chi connectivity index (χ0) is 20.2. The summed E-state index contributed by atoms with van der Waals surface area (Å²) in [5.41, 5.74) is 6.32. The molecule has 0 radical (unpaired) electrons. The smallest absolute Gasteiger partial charge is 0.249 e. The predicted octanol–water partition coefficient (Wildman–Crippen LogP) is 4.12. The normalized spacial score (nSPS) is 14.2. The van der Waals surface area contributed by atoms with E-state index in [-0.39, 0.29) is 0 Å². The highest BCUT2D eigenvalue weighted by molar-refractivity contribution is 5.60. The number of para-hydroxylation sites is 1. The van der Waals surface area contributed by atoms with Gasteiger partial charge in [-0.15, -0.1) is 5.10 Å². The van der Waals surface area contributed by atoms with Gasteiger partial charge in [-0.25, -0.2) is 0 Å². The van der Waals surface area contributed by atoms with E-state index in [9.17, 15) is 0 Å². The average molecular weight is 389 g/mol. The van der Waals surface area contributed by atoms with Crippen molar-refractivity contribution >= 4 is 23.1 Å². The summed E-state index contributed by atoms with van der Waals surface area (Å²) in [5.74, 6) is 1.41. The topological polar surface area (TPSA) is 57.2 Å². The SMILES string of the molecule is CCc1ccccc1Nc1nncc(N2CCN(c3cccc(C)c3C)CC2)n1. The van der Waals surface area contributed by atoms with Crippen LogP contribution < -0.4 is 15.1 Å². The van der Waals surface area contributed by atoms with Crippen LogP contribution >= 0.6 is 0 Å². The van der Waals surface area contributed by atoms with Crippen LogP contribution in [0.15, 0.2) is 48.7 Å². The molecule has 0 atom stereocenters. The summed E-state index contributed by atoms with van der Waals surface area (Å²) in [4.78, 5) is 9.47. The Morgan fingerprint density at radius 3 is 2.48 bits per heavy atom. The number of anilines is 4. The molecular formula is C23H28N6. The second kappa shape index (κ2) is 8.47. The van der Waals surface area contributed by atoms with Crippen LogP contribution in [0.4, 0.5) is 23.1 Å². The lowest BCUT2D eigenvalue weighted by molar-refractivity contribution is 0.643. The summed E-state index contributed by atoms with van der Waals surface area (Å²) in [6.07, 6.45) is 2.71. The third-order valence-electron chi connectivity index (χ3n) is 5.71. The van der Waals surface area contributed by atoms with Gasteiger partial charge in [-0.05, 0) is 49.1 Å². The van der Waals surface area contributed by atoms with E-state index in [0.717, 1.165) is 44.1 Å². The highest BCUT2D eigenvalue weighted by atomic mass is 15.3. The van der Waals surface area contributed by atoms with Gasteiger partial charge in [0.15, 0.2) is 5.82 Å². The van der Waals surface area contributed by atoms with Crippen LogP contribution in [0.3, 0.4) is 0 Å². The minimum atomic E-state index is 0.542. The fraction of sp³-hybridized carbons (Fsp3) is 0.348. The Balaban J connectivity index is 1.45. The average Bonchev–Trinajstić information content (AvgIpc) is 2.76. The van der Waals surface area contributed by atoms with Gasteiger partial charge in [0.05, 0.1) is 6.20 Å². The maximum Gasteiger partial charge on any atom is 0.249 e. The number of hydrogen-bond donors (Lipinski definition) is 1. The molecule has 4 rings (SSSR count). The number of benzene rings is 2. The molecule has 29 heavy (non-hydrogen) atoms. The van der Waals surface area contributed by atoms with E-state index in [1.807, 2.05) is 6.07 Å². The predicted molar refractivity (Wildman–Crippen MR) is 119 cm³/mol. The Kier molecular flexibility index (Phi) is 5.60. The quantitative estimate of drug-likeness (QED) is 0.709. The van der Waals surface area contributed by atoms with E-state index in [0.29, 0.717) is 5.95 Å². The van der Waals surface area contributed by atoms with Gasteiger partial charge >= 0.3 is 0 Å². The molecule has 6 nitrogen and oxygen atoms in total. The van der Waals surface area contributed by atoms with Crippen molar-refractivity contribution in [1.29, 1.82) is 0 Å². The summed E-state index contributed by atoms with van der Waals surface area (Å²) in [6, 6.07) is 14.8. The molecule has 0 unspecified atom stereocenters. The van der Waals surface area contributed by atoms with Gasteiger partial charge in [-0.1, -0.05) is 37.3 Å². The highest BCUT2D eigenvalue weighted by Crippen LogP contribution is 2.25. The molecule has 1 aromatic heterocycles. The number of piperazine rings is 1. The zero-order valence-corrected chi connectivity index (χ0v) is 17.4. The molecule has 2 aromatic carbocycles. The van der Waals surface area contributed by atoms with E-state index in [1.54, 1.807) is 6.20 Å². The van der Waals surface area contributed by atoms with Crippen LogP contribution in [0.5, 0.6) is 0 Å². The van der Waals surface area contributed by atoms with Crippen LogP contribution in [-0.2, 0) is 6.42 Å².